The number of nitrogen functional groups attached to an aromatic ring is 1. The number of carbonyl (C=O) groups excluding carboxylic acids is 1. The molecule has 0 unspecified atom stereocenters. The van der Waals surface area contributed by atoms with Gasteiger partial charge in [-0.2, -0.15) is 11.8 Å². The van der Waals surface area contributed by atoms with Gasteiger partial charge in [0.05, 0.1) is 12.7 Å². The van der Waals surface area contributed by atoms with Gasteiger partial charge in [0.2, 0.25) is 0 Å². The Balaban J connectivity index is 1.77. The fourth-order valence-electron chi connectivity index (χ4n) is 1.54. The average molecular weight is 312 g/mol. The third-order valence-corrected chi connectivity index (χ3v) is 3.94. The van der Waals surface area contributed by atoms with E-state index in [1.54, 1.807) is 22.6 Å². The van der Waals surface area contributed by atoms with Gasteiger partial charge in [-0.05, 0) is 11.6 Å². The van der Waals surface area contributed by atoms with Crippen LogP contribution in [0.5, 0.6) is 0 Å². The predicted molar refractivity (Wildman–Crippen MR) is 79.3 cm³/mol. The molecule has 1 amide bonds. The first-order chi connectivity index (χ1) is 9.70. The molecule has 0 spiro atoms. The van der Waals surface area contributed by atoms with Crippen LogP contribution >= 0.6 is 23.4 Å². The van der Waals surface area contributed by atoms with Gasteiger partial charge in [0, 0.05) is 16.5 Å². The minimum absolute atomic E-state index is 0.212. The van der Waals surface area contributed by atoms with Gasteiger partial charge in [-0.15, -0.1) is 5.10 Å². The second-order valence-corrected chi connectivity index (χ2v) is 5.50. The Labute approximate surface area is 125 Å². The minimum atomic E-state index is -0.444. The SMILES string of the molecule is NNC(=O)c1cn(CCSCc2ccccc2Cl)nn1. The highest BCUT2D eigenvalue weighted by molar-refractivity contribution is 7.98. The molecule has 2 rings (SSSR count). The Morgan fingerprint density at radius 2 is 2.25 bits per heavy atom. The van der Waals surface area contributed by atoms with E-state index in [2.05, 4.69) is 10.3 Å². The van der Waals surface area contributed by atoms with Crippen molar-refractivity contribution >= 4 is 29.3 Å². The lowest BCUT2D eigenvalue weighted by molar-refractivity contribution is 0.0948. The van der Waals surface area contributed by atoms with Crippen molar-refractivity contribution in [1.82, 2.24) is 20.4 Å². The highest BCUT2D eigenvalue weighted by Crippen LogP contribution is 2.20. The van der Waals surface area contributed by atoms with Crippen molar-refractivity contribution in [2.45, 2.75) is 12.3 Å². The van der Waals surface area contributed by atoms with Gasteiger partial charge in [0.15, 0.2) is 5.69 Å². The van der Waals surface area contributed by atoms with Crippen molar-refractivity contribution < 1.29 is 4.79 Å². The summed E-state index contributed by atoms with van der Waals surface area (Å²) in [6, 6.07) is 7.77. The molecule has 106 valence electrons. The van der Waals surface area contributed by atoms with Gasteiger partial charge in [-0.1, -0.05) is 35.0 Å². The number of nitrogens with zero attached hydrogens (tertiary/aromatic N) is 3. The third-order valence-electron chi connectivity index (χ3n) is 2.58. The number of benzene rings is 1. The van der Waals surface area contributed by atoms with E-state index in [0.29, 0.717) is 6.54 Å². The molecule has 8 heteroatoms. The maximum Gasteiger partial charge on any atom is 0.287 e. The van der Waals surface area contributed by atoms with Gasteiger partial charge in [0.25, 0.3) is 5.91 Å². The van der Waals surface area contributed by atoms with E-state index in [1.165, 1.54) is 0 Å². The molecule has 0 saturated carbocycles. The largest absolute Gasteiger partial charge is 0.289 e. The number of amides is 1. The molecule has 3 N–H and O–H groups in total. The second kappa shape index (κ2) is 7.28. The van der Waals surface area contributed by atoms with Crippen molar-refractivity contribution in [3.05, 3.63) is 46.7 Å². The zero-order chi connectivity index (χ0) is 14.4. The number of halogens is 1. The Morgan fingerprint density at radius 1 is 1.45 bits per heavy atom. The molecule has 1 aromatic carbocycles. The summed E-state index contributed by atoms with van der Waals surface area (Å²) in [6.45, 7) is 0.667. The van der Waals surface area contributed by atoms with Crippen molar-refractivity contribution in [1.29, 1.82) is 0 Å². The van der Waals surface area contributed by atoms with E-state index in [-0.39, 0.29) is 5.69 Å². The monoisotopic (exact) mass is 311 g/mol. The highest BCUT2D eigenvalue weighted by Gasteiger charge is 2.08. The fourth-order valence-corrected chi connectivity index (χ4v) is 2.76. The Bertz CT molecular complexity index is 589. The van der Waals surface area contributed by atoms with E-state index >= 15 is 0 Å². The molecule has 0 fully saturated rings. The lowest BCUT2D eigenvalue weighted by Gasteiger charge is -2.03. The number of hydrogen-bond acceptors (Lipinski definition) is 5. The van der Waals surface area contributed by atoms with E-state index in [0.717, 1.165) is 22.1 Å². The molecular formula is C12H14ClN5OS. The van der Waals surface area contributed by atoms with E-state index in [1.807, 2.05) is 29.7 Å². The highest BCUT2D eigenvalue weighted by atomic mass is 35.5. The molecule has 6 nitrogen and oxygen atoms in total. The molecule has 1 aromatic heterocycles. The fraction of sp³-hybridized carbons (Fsp3) is 0.250. The molecule has 2 aromatic rings. The lowest BCUT2D eigenvalue weighted by atomic mass is 10.2. The molecule has 0 aliphatic rings. The van der Waals surface area contributed by atoms with E-state index in [9.17, 15) is 4.79 Å². The van der Waals surface area contributed by atoms with Crippen LogP contribution in [0.25, 0.3) is 0 Å². The van der Waals surface area contributed by atoms with Gasteiger partial charge in [-0.25, -0.2) is 5.84 Å². The first kappa shape index (κ1) is 14.8. The summed E-state index contributed by atoms with van der Waals surface area (Å²) in [7, 11) is 0. The van der Waals surface area contributed by atoms with Crippen LogP contribution in [0.15, 0.2) is 30.5 Å². The number of aromatic nitrogens is 3. The molecule has 0 saturated heterocycles. The predicted octanol–water partition coefficient (Wildman–Crippen LogP) is 1.47. The zero-order valence-electron chi connectivity index (χ0n) is 10.6. The van der Waals surface area contributed by atoms with Crippen LogP contribution in [0.4, 0.5) is 0 Å². The van der Waals surface area contributed by atoms with Crippen LogP contribution in [-0.4, -0.2) is 26.7 Å². The Morgan fingerprint density at radius 3 is 3.00 bits per heavy atom. The average Bonchev–Trinajstić information content (AvgIpc) is 2.93. The number of aryl methyl sites for hydroxylation is 1. The summed E-state index contributed by atoms with van der Waals surface area (Å²) in [6.07, 6.45) is 1.57. The minimum Gasteiger partial charge on any atom is -0.289 e. The maximum atomic E-state index is 11.2. The van der Waals surface area contributed by atoms with Crippen molar-refractivity contribution in [2.24, 2.45) is 5.84 Å². The number of rotatable bonds is 6. The van der Waals surface area contributed by atoms with Crippen molar-refractivity contribution in [3.8, 4) is 0 Å². The lowest BCUT2D eigenvalue weighted by Crippen LogP contribution is -2.30. The van der Waals surface area contributed by atoms with Crippen LogP contribution in [0.2, 0.25) is 5.02 Å². The van der Waals surface area contributed by atoms with Crippen LogP contribution in [-0.2, 0) is 12.3 Å². The second-order valence-electron chi connectivity index (χ2n) is 3.98. The molecule has 0 atom stereocenters. The molecule has 0 radical (unpaired) electrons. The summed E-state index contributed by atoms with van der Waals surface area (Å²) >= 11 is 7.82. The number of hydrogen-bond donors (Lipinski definition) is 2. The zero-order valence-corrected chi connectivity index (χ0v) is 12.2. The van der Waals surface area contributed by atoms with Gasteiger partial charge >= 0.3 is 0 Å². The topological polar surface area (TPSA) is 85.8 Å². The maximum absolute atomic E-state index is 11.2. The number of carbonyl (C=O) groups is 1. The van der Waals surface area contributed by atoms with Crippen molar-refractivity contribution in [3.63, 3.8) is 0 Å². The number of thioether (sulfide) groups is 1. The Hall–Kier alpha value is -1.57. The first-order valence-corrected chi connectivity index (χ1v) is 7.46. The van der Waals surface area contributed by atoms with Crippen LogP contribution in [0, 0.1) is 0 Å². The Kier molecular flexibility index (Phi) is 5.40. The summed E-state index contributed by atoms with van der Waals surface area (Å²) in [4.78, 5) is 11.2. The van der Waals surface area contributed by atoms with Gasteiger partial charge in [-0.3, -0.25) is 14.9 Å². The first-order valence-electron chi connectivity index (χ1n) is 5.93. The standard InChI is InChI=1S/C12H14ClN5OS/c13-10-4-2-1-3-9(10)8-20-6-5-18-7-11(16-17-18)12(19)15-14/h1-4,7H,5-6,8,14H2,(H,15,19). The quantitative estimate of drug-likeness (QED) is 0.365. The summed E-state index contributed by atoms with van der Waals surface area (Å²) in [5.74, 6) is 6.26. The van der Waals surface area contributed by atoms with Crippen LogP contribution in [0.1, 0.15) is 16.1 Å². The van der Waals surface area contributed by atoms with Crippen LogP contribution in [0.3, 0.4) is 0 Å². The molecule has 20 heavy (non-hydrogen) atoms. The normalized spacial score (nSPS) is 10.5. The summed E-state index contributed by atoms with van der Waals surface area (Å²) in [5, 5.41) is 8.37. The molecule has 0 aliphatic carbocycles. The van der Waals surface area contributed by atoms with Crippen molar-refractivity contribution in [2.75, 3.05) is 5.75 Å². The molecule has 1 heterocycles. The molecule has 0 aliphatic heterocycles. The smallest absolute Gasteiger partial charge is 0.287 e. The van der Waals surface area contributed by atoms with Crippen LogP contribution < -0.4 is 11.3 Å². The van der Waals surface area contributed by atoms with Gasteiger partial charge < -0.3 is 0 Å². The van der Waals surface area contributed by atoms with E-state index in [4.69, 9.17) is 17.4 Å². The molecular weight excluding hydrogens is 298 g/mol. The van der Waals surface area contributed by atoms with Gasteiger partial charge in [0.1, 0.15) is 0 Å². The number of hydrazine groups is 1. The van der Waals surface area contributed by atoms with E-state index < -0.39 is 5.91 Å². The number of nitrogens with two attached hydrogens (primary N) is 1. The summed E-state index contributed by atoms with van der Waals surface area (Å²) < 4.78 is 1.62. The summed E-state index contributed by atoms with van der Waals surface area (Å²) in [5.41, 5.74) is 3.34. The third kappa shape index (κ3) is 3.96. The molecule has 0 bridgehead atoms. The number of nitrogens with one attached hydrogen (secondary N) is 1.